The van der Waals surface area contributed by atoms with E-state index in [-0.39, 0.29) is 6.04 Å². The number of piperidine rings is 1. The van der Waals surface area contributed by atoms with Gasteiger partial charge in [-0.05, 0) is 44.2 Å². The molecule has 0 radical (unpaired) electrons. The number of sulfonamides is 1. The zero-order valence-electron chi connectivity index (χ0n) is 11.5. The first-order valence-electron chi connectivity index (χ1n) is 6.55. The van der Waals surface area contributed by atoms with Gasteiger partial charge in [0.1, 0.15) is 4.21 Å². The van der Waals surface area contributed by atoms with Crippen LogP contribution in [0.2, 0.25) is 0 Å². The van der Waals surface area contributed by atoms with Gasteiger partial charge in [0.2, 0.25) is 0 Å². The summed E-state index contributed by atoms with van der Waals surface area (Å²) in [6.45, 7) is 6.66. The summed E-state index contributed by atoms with van der Waals surface area (Å²) >= 11 is 7.14. The molecule has 2 unspecified atom stereocenters. The highest BCUT2D eigenvalue weighted by Crippen LogP contribution is 2.33. The highest BCUT2D eigenvalue weighted by Gasteiger charge is 2.35. The van der Waals surface area contributed by atoms with Crippen LogP contribution in [0.5, 0.6) is 0 Å². The van der Waals surface area contributed by atoms with E-state index in [0.29, 0.717) is 22.6 Å². The first-order valence-corrected chi connectivity index (χ1v) is 9.34. The molecular weight excluding hydrogens is 302 g/mol. The summed E-state index contributed by atoms with van der Waals surface area (Å²) in [5, 5.41) is 0. The lowest BCUT2D eigenvalue weighted by Gasteiger charge is -2.36. The number of rotatable bonds is 3. The lowest BCUT2D eigenvalue weighted by molar-refractivity contribution is 0.202. The van der Waals surface area contributed by atoms with Crippen molar-refractivity contribution in [3.05, 3.63) is 16.5 Å². The van der Waals surface area contributed by atoms with E-state index < -0.39 is 10.0 Å². The zero-order chi connectivity index (χ0) is 14.2. The summed E-state index contributed by atoms with van der Waals surface area (Å²) in [4.78, 5) is 0.943. The second-order valence-electron chi connectivity index (χ2n) is 5.28. The van der Waals surface area contributed by atoms with Crippen LogP contribution < -0.4 is 0 Å². The summed E-state index contributed by atoms with van der Waals surface area (Å²) < 4.78 is 27.5. The molecule has 1 saturated heterocycles. The van der Waals surface area contributed by atoms with Crippen molar-refractivity contribution in [3.8, 4) is 0 Å². The molecule has 1 aromatic heterocycles. The number of alkyl halides is 1. The molecule has 0 N–H and O–H groups in total. The Hall–Kier alpha value is -0.100. The largest absolute Gasteiger partial charge is 0.252 e. The SMILES string of the molecule is Cc1cc(S(=O)(=O)N2CCCC(C)C2C)sc1CCl. The van der Waals surface area contributed by atoms with Crippen molar-refractivity contribution in [1.29, 1.82) is 0 Å². The number of thiophene rings is 1. The molecular formula is C13H20ClNO2S2. The molecule has 1 aliphatic rings. The monoisotopic (exact) mass is 321 g/mol. The Bertz CT molecular complexity index is 553. The van der Waals surface area contributed by atoms with Crippen LogP contribution in [0.4, 0.5) is 0 Å². The van der Waals surface area contributed by atoms with Gasteiger partial charge >= 0.3 is 0 Å². The second-order valence-corrected chi connectivity index (χ2v) is 8.80. The first-order chi connectivity index (χ1) is 8.87. The van der Waals surface area contributed by atoms with Crippen LogP contribution in [0, 0.1) is 12.8 Å². The summed E-state index contributed by atoms with van der Waals surface area (Å²) in [6.07, 6.45) is 2.04. The van der Waals surface area contributed by atoms with E-state index in [1.807, 2.05) is 13.8 Å². The molecule has 2 atom stereocenters. The van der Waals surface area contributed by atoms with Crippen molar-refractivity contribution in [2.24, 2.45) is 5.92 Å². The third-order valence-corrected chi connectivity index (χ3v) is 8.10. The first kappa shape index (κ1) is 15.3. The smallest absolute Gasteiger partial charge is 0.206 e. The molecule has 1 fully saturated rings. The van der Waals surface area contributed by atoms with Crippen LogP contribution in [-0.2, 0) is 15.9 Å². The average molecular weight is 322 g/mol. The molecule has 6 heteroatoms. The van der Waals surface area contributed by atoms with Crippen LogP contribution in [0.15, 0.2) is 10.3 Å². The number of hydrogen-bond acceptors (Lipinski definition) is 3. The van der Waals surface area contributed by atoms with Gasteiger partial charge in [0.15, 0.2) is 0 Å². The molecule has 0 spiro atoms. The lowest BCUT2D eigenvalue weighted by Crippen LogP contribution is -2.45. The lowest BCUT2D eigenvalue weighted by atomic mass is 9.94. The molecule has 108 valence electrons. The predicted octanol–water partition coefficient (Wildman–Crippen LogP) is 3.60. The molecule has 0 amide bonds. The number of aryl methyl sites for hydroxylation is 1. The Kier molecular flexibility index (Phi) is 4.60. The minimum atomic E-state index is -3.36. The fraction of sp³-hybridized carbons (Fsp3) is 0.692. The Morgan fingerprint density at radius 3 is 2.74 bits per heavy atom. The standard InChI is InChI=1S/C13H20ClNO2S2/c1-9-5-4-6-15(11(9)3)19(16,17)13-7-10(2)12(8-14)18-13/h7,9,11H,4-6,8H2,1-3H3. The maximum absolute atomic E-state index is 12.7. The molecule has 0 aromatic carbocycles. The highest BCUT2D eigenvalue weighted by atomic mass is 35.5. The second kappa shape index (κ2) is 5.72. The Morgan fingerprint density at radius 1 is 1.47 bits per heavy atom. The number of nitrogens with zero attached hydrogens (tertiary/aromatic N) is 1. The van der Waals surface area contributed by atoms with Gasteiger partial charge in [0.05, 0.1) is 5.88 Å². The van der Waals surface area contributed by atoms with Crippen molar-refractivity contribution in [2.75, 3.05) is 6.54 Å². The summed E-state index contributed by atoms with van der Waals surface area (Å²) in [7, 11) is -3.36. The molecule has 0 aliphatic carbocycles. The van der Waals surface area contributed by atoms with E-state index in [2.05, 4.69) is 6.92 Å². The Balaban J connectivity index is 2.35. The van der Waals surface area contributed by atoms with E-state index in [4.69, 9.17) is 11.6 Å². The van der Waals surface area contributed by atoms with Crippen molar-refractivity contribution in [3.63, 3.8) is 0 Å². The van der Waals surface area contributed by atoms with E-state index in [1.165, 1.54) is 11.3 Å². The Labute approximate surface area is 124 Å². The zero-order valence-corrected chi connectivity index (χ0v) is 13.9. The van der Waals surface area contributed by atoms with Gasteiger partial charge < -0.3 is 0 Å². The molecule has 1 aromatic rings. The molecule has 1 aliphatic heterocycles. The Morgan fingerprint density at radius 2 is 2.16 bits per heavy atom. The van der Waals surface area contributed by atoms with Gasteiger partial charge in [-0.3, -0.25) is 0 Å². The van der Waals surface area contributed by atoms with Crippen LogP contribution in [0.3, 0.4) is 0 Å². The fourth-order valence-electron chi connectivity index (χ4n) is 2.50. The van der Waals surface area contributed by atoms with Gasteiger partial charge in [-0.2, -0.15) is 4.31 Å². The van der Waals surface area contributed by atoms with Crippen LogP contribution in [0.1, 0.15) is 37.1 Å². The van der Waals surface area contributed by atoms with Crippen molar-refractivity contribution in [1.82, 2.24) is 4.31 Å². The van der Waals surface area contributed by atoms with Crippen molar-refractivity contribution in [2.45, 2.75) is 49.7 Å². The maximum atomic E-state index is 12.7. The molecule has 0 bridgehead atoms. The molecule has 0 saturated carbocycles. The van der Waals surface area contributed by atoms with E-state index in [0.717, 1.165) is 23.3 Å². The normalized spacial score (nSPS) is 25.7. The van der Waals surface area contributed by atoms with Gasteiger partial charge in [-0.25, -0.2) is 8.42 Å². The third-order valence-electron chi connectivity index (χ3n) is 4.00. The van der Waals surface area contributed by atoms with E-state index in [1.54, 1.807) is 10.4 Å². The summed E-state index contributed by atoms with van der Waals surface area (Å²) in [5.74, 6) is 0.787. The van der Waals surface area contributed by atoms with E-state index in [9.17, 15) is 8.42 Å². The predicted molar refractivity (Wildman–Crippen MR) is 80.4 cm³/mol. The van der Waals surface area contributed by atoms with Crippen LogP contribution in [-0.4, -0.2) is 25.3 Å². The maximum Gasteiger partial charge on any atom is 0.252 e. The molecule has 3 nitrogen and oxygen atoms in total. The molecule has 2 heterocycles. The highest BCUT2D eigenvalue weighted by molar-refractivity contribution is 7.91. The summed E-state index contributed by atoms with van der Waals surface area (Å²) in [6, 6.07) is 1.82. The number of halogens is 1. The quantitative estimate of drug-likeness (QED) is 0.798. The van der Waals surface area contributed by atoms with Crippen molar-refractivity contribution >= 4 is 33.0 Å². The minimum Gasteiger partial charge on any atom is -0.206 e. The van der Waals surface area contributed by atoms with Crippen LogP contribution in [0.25, 0.3) is 0 Å². The summed E-state index contributed by atoms with van der Waals surface area (Å²) in [5.41, 5.74) is 0.969. The average Bonchev–Trinajstić information content (AvgIpc) is 2.74. The number of hydrogen-bond donors (Lipinski definition) is 0. The minimum absolute atomic E-state index is 0.0700. The van der Waals surface area contributed by atoms with Gasteiger partial charge in [0, 0.05) is 17.5 Å². The topological polar surface area (TPSA) is 37.4 Å². The third kappa shape index (κ3) is 2.84. The molecule has 2 rings (SSSR count). The van der Waals surface area contributed by atoms with Gasteiger partial charge in [-0.15, -0.1) is 22.9 Å². The van der Waals surface area contributed by atoms with Crippen LogP contribution >= 0.6 is 22.9 Å². The van der Waals surface area contributed by atoms with Gasteiger partial charge in [-0.1, -0.05) is 6.92 Å². The fourth-order valence-corrected chi connectivity index (χ4v) is 6.21. The van der Waals surface area contributed by atoms with Crippen molar-refractivity contribution < 1.29 is 8.42 Å². The van der Waals surface area contributed by atoms with Gasteiger partial charge in [0.25, 0.3) is 10.0 Å². The molecule has 19 heavy (non-hydrogen) atoms. The van der Waals surface area contributed by atoms with E-state index >= 15 is 0 Å².